The molecule has 0 aliphatic rings. The Labute approximate surface area is 110 Å². The summed E-state index contributed by atoms with van der Waals surface area (Å²) in [6.45, 7) is 14.2. The molecule has 1 heteroatoms. The third-order valence-electron chi connectivity index (χ3n) is 3.24. The summed E-state index contributed by atoms with van der Waals surface area (Å²) in [5.41, 5.74) is 1.10. The Morgan fingerprint density at radius 3 is 1.56 bits per heavy atom. The Bertz CT molecular complexity index is 153. The van der Waals surface area contributed by atoms with Crippen LogP contribution in [0.5, 0.6) is 0 Å². The Kier molecular flexibility index (Phi) is 9.78. The molecule has 0 bridgehead atoms. The Hall–Kier alpha value is 0.290. The molecule has 0 aliphatic heterocycles. The van der Waals surface area contributed by atoms with Gasteiger partial charge in [-0.05, 0) is 30.1 Å². The van der Waals surface area contributed by atoms with Gasteiger partial charge in [0.1, 0.15) is 0 Å². The van der Waals surface area contributed by atoms with Crippen LogP contribution in [0.15, 0.2) is 0 Å². The van der Waals surface area contributed by atoms with E-state index in [4.69, 9.17) is 0 Å². The van der Waals surface area contributed by atoms with E-state index in [0.29, 0.717) is 10.8 Å². The van der Waals surface area contributed by atoms with Crippen molar-refractivity contribution in [1.29, 1.82) is 0 Å². The van der Waals surface area contributed by atoms with Gasteiger partial charge in [-0.2, -0.15) is 0 Å². The highest BCUT2D eigenvalue weighted by Gasteiger charge is 2.17. The first-order valence-corrected chi connectivity index (χ1v) is 6.77. The molecule has 0 spiro atoms. The number of rotatable bonds is 7. The summed E-state index contributed by atoms with van der Waals surface area (Å²) in [6.07, 6.45) is 9.73. The summed E-state index contributed by atoms with van der Waals surface area (Å²) in [5, 5.41) is 0. The fraction of sp³-hybridized carbons (Fsp3) is 1.00. The maximum Gasteiger partial charge on any atom is -0.0354 e. The summed E-state index contributed by atoms with van der Waals surface area (Å²) < 4.78 is 0. The molecule has 0 aromatic rings. The molecule has 0 radical (unpaired) electrons. The molecule has 0 heterocycles. The van der Waals surface area contributed by atoms with Gasteiger partial charge >= 0.3 is 0 Å². The molecule has 100 valence electrons. The summed E-state index contributed by atoms with van der Waals surface area (Å²) >= 11 is 0. The molecular weight excluding hydrogens is 216 g/mol. The first kappa shape index (κ1) is 18.6. The lowest BCUT2D eigenvalue weighted by Crippen LogP contribution is -2.11. The van der Waals surface area contributed by atoms with Gasteiger partial charge in [-0.15, -0.1) is 12.4 Å². The first-order valence-electron chi connectivity index (χ1n) is 6.77. The van der Waals surface area contributed by atoms with Gasteiger partial charge in [0.2, 0.25) is 0 Å². The third-order valence-corrected chi connectivity index (χ3v) is 3.24. The van der Waals surface area contributed by atoms with Crippen molar-refractivity contribution in [3.8, 4) is 0 Å². The third kappa shape index (κ3) is 12.4. The lowest BCUT2D eigenvalue weighted by molar-refractivity contribution is 0.272. The van der Waals surface area contributed by atoms with E-state index in [2.05, 4.69) is 41.5 Å². The second-order valence-electron chi connectivity index (χ2n) is 7.04. The summed E-state index contributed by atoms with van der Waals surface area (Å²) in [5.74, 6) is 0. The molecule has 0 nitrogen and oxygen atoms in total. The minimum Gasteiger partial charge on any atom is -0.147 e. The zero-order chi connectivity index (χ0) is 11.9. The van der Waals surface area contributed by atoms with Crippen LogP contribution in [0.2, 0.25) is 0 Å². The zero-order valence-corrected chi connectivity index (χ0v) is 13.2. The molecule has 0 saturated heterocycles. The lowest BCUT2D eigenvalue weighted by Gasteiger charge is -2.25. The van der Waals surface area contributed by atoms with Crippen LogP contribution < -0.4 is 0 Å². The van der Waals surface area contributed by atoms with Gasteiger partial charge in [0.25, 0.3) is 0 Å². The van der Waals surface area contributed by atoms with Gasteiger partial charge in [-0.25, -0.2) is 0 Å². The van der Waals surface area contributed by atoms with Crippen LogP contribution in [0, 0.1) is 10.8 Å². The quantitative estimate of drug-likeness (QED) is 0.469. The number of hydrogen-bond donors (Lipinski definition) is 0. The normalized spacial score (nSPS) is 12.4. The predicted octanol–water partition coefficient (Wildman–Crippen LogP) is 6.23. The molecule has 0 aromatic heterocycles. The van der Waals surface area contributed by atoms with Crippen LogP contribution in [0.4, 0.5) is 0 Å². The van der Waals surface area contributed by atoms with E-state index in [1.807, 2.05) is 0 Å². The van der Waals surface area contributed by atoms with Crippen molar-refractivity contribution in [2.24, 2.45) is 10.8 Å². The second-order valence-corrected chi connectivity index (χ2v) is 7.04. The molecule has 0 aromatic carbocycles. The topological polar surface area (TPSA) is 0 Å². The molecule has 0 rings (SSSR count). The molecule has 0 unspecified atom stereocenters. The van der Waals surface area contributed by atoms with E-state index < -0.39 is 0 Å². The lowest BCUT2D eigenvalue weighted by atomic mass is 9.81. The van der Waals surface area contributed by atoms with Gasteiger partial charge in [0.05, 0.1) is 0 Å². The molecule has 0 saturated carbocycles. The van der Waals surface area contributed by atoms with E-state index in [1.165, 1.54) is 44.9 Å². The van der Waals surface area contributed by atoms with Gasteiger partial charge in [-0.1, -0.05) is 67.2 Å². The van der Waals surface area contributed by atoms with Crippen LogP contribution in [-0.4, -0.2) is 0 Å². The van der Waals surface area contributed by atoms with Gasteiger partial charge in [0, 0.05) is 0 Å². The van der Waals surface area contributed by atoms with Crippen molar-refractivity contribution in [1.82, 2.24) is 0 Å². The van der Waals surface area contributed by atoms with Crippen LogP contribution in [0.3, 0.4) is 0 Å². The maximum absolute atomic E-state index is 2.43. The van der Waals surface area contributed by atoms with Crippen molar-refractivity contribution in [3.63, 3.8) is 0 Å². The van der Waals surface area contributed by atoms with Crippen LogP contribution in [0.25, 0.3) is 0 Å². The van der Waals surface area contributed by atoms with Crippen molar-refractivity contribution >= 4 is 12.4 Å². The highest BCUT2D eigenvalue weighted by molar-refractivity contribution is 5.85. The number of halogens is 1. The van der Waals surface area contributed by atoms with E-state index >= 15 is 0 Å². The zero-order valence-electron chi connectivity index (χ0n) is 12.4. The highest BCUT2D eigenvalue weighted by Crippen LogP contribution is 2.31. The van der Waals surface area contributed by atoms with E-state index in [9.17, 15) is 0 Å². The summed E-state index contributed by atoms with van der Waals surface area (Å²) in [4.78, 5) is 0. The van der Waals surface area contributed by atoms with E-state index in [1.54, 1.807) is 0 Å². The first-order chi connectivity index (χ1) is 6.77. The fourth-order valence-electron chi connectivity index (χ4n) is 2.04. The van der Waals surface area contributed by atoms with Crippen molar-refractivity contribution in [3.05, 3.63) is 0 Å². The van der Waals surface area contributed by atoms with Crippen molar-refractivity contribution < 1.29 is 0 Å². The van der Waals surface area contributed by atoms with Crippen LogP contribution in [-0.2, 0) is 0 Å². The predicted molar refractivity (Wildman–Crippen MR) is 78.5 cm³/mol. The molecule has 16 heavy (non-hydrogen) atoms. The smallest absolute Gasteiger partial charge is 0.0354 e. The molecule has 0 N–H and O–H groups in total. The summed E-state index contributed by atoms with van der Waals surface area (Å²) in [6, 6.07) is 0. The SMILES string of the molecule is CCCCC(C)(C)CCCCC(C)(C)C.Cl. The molecular formula is C15H33Cl. The minimum atomic E-state index is 0. The molecule has 0 aliphatic carbocycles. The average Bonchev–Trinajstić information content (AvgIpc) is 2.08. The largest absolute Gasteiger partial charge is 0.147 e. The Balaban J connectivity index is 0. The monoisotopic (exact) mass is 248 g/mol. The standard InChI is InChI=1S/C15H32.ClH/c1-7-8-12-15(5,6)13-10-9-11-14(2,3)4;/h7-13H2,1-6H3;1H. The van der Waals surface area contributed by atoms with E-state index in [0.717, 1.165) is 0 Å². The second kappa shape index (κ2) is 8.39. The number of unbranched alkanes of at least 4 members (excludes halogenated alkanes) is 2. The van der Waals surface area contributed by atoms with Gasteiger partial charge in [-0.3, -0.25) is 0 Å². The Morgan fingerprint density at radius 1 is 0.688 bits per heavy atom. The minimum absolute atomic E-state index is 0. The fourth-order valence-corrected chi connectivity index (χ4v) is 2.04. The van der Waals surface area contributed by atoms with Crippen LogP contribution in [0.1, 0.15) is 86.5 Å². The van der Waals surface area contributed by atoms with Crippen LogP contribution >= 0.6 is 12.4 Å². The number of hydrogen-bond acceptors (Lipinski definition) is 0. The molecule has 0 fully saturated rings. The summed E-state index contributed by atoms with van der Waals surface area (Å²) in [7, 11) is 0. The van der Waals surface area contributed by atoms with E-state index in [-0.39, 0.29) is 12.4 Å². The van der Waals surface area contributed by atoms with Gasteiger partial charge < -0.3 is 0 Å². The average molecular weight is 249 g/mol. The maximum atomic E-state index is 2.43. The highest BCUT2D eigenvalue weighted by atomic mass is 35.5. The molecule has 0 amide bonds. The van der Waals surface area contributed by atoms with Crippen molar-refractivity contribution in [2.45, 2.75) is 86.5 Å². The van der Waals surface area contributed by atoms with Gasteiger partial charge in [0.15, 0.2) is 0 Å². The van der Waals surface area contributed by atoms with Crippen molar-refractivity contribution in [2.75, 3.05) is 0 Å². The Morgan fingerprint density at radius 2 is 1.12 bits per heavy atom. The molecule has 0 atom stereocenters.